The predicted molar refractivity (Wildman–Crippen MR) is 98.7 cm³/mol. The van der Waals surface area contributed by atoms with Crippen molar-refractivity contribution in [2.45, 2.75) is 6.18 Å². The summed E-state index contributed by atoms with van der Waals surface area (Å²) in [5.74, 6) is -0.104. The number of H-pyrrole nitrogens is 1. The normalized spacial score (nSPS) is 11.5. The molecule has 0 saturated carbocycles. The lowest BCUT2D eigenvalue weighted by molar-refractivity contribution is -0.137. The first kappa shape index (κ1) is 17.7. The number of aromatic nitrogens is 3. The molecule has 0 saturated heterocycles. The smallest absolute Gasteiger partial charge is 0.339 e. The zero-order valence-electron chi connectivity index (χ0n) is 14.3. The number of amides is 1. The van der Waals surface area contributed by atoms with E-state index in [1.54, 1.807) is 42.6 Å². The fourth-order valence-electron chi connectivity index (χ4n) is 2.87. The van der Waals surface area contributed by atoms with Crippen molar-refractivity contribution in [1.29, 1.82) is 0 Å². The van der Waals surface area contributed by atoms with Crippen molar-refractivity contribution < 1.29 is 18.0 Å². The summed E-state index contributed by atoms with van der Waals surface area (Å²) in [7, 11) is 0. The van der Waals surface area contributed by atoms with Crippen molar-refractivity contribution in [1.82, 2.24) is 15.0 Å². The molecular weight excluding hydrogens is 369 g/mol. The van der Waals surface area contributed by atoms with Crippen LogP contribution < -0.4 is 5.32 Å². The molecule has 0 aliphatic carbocycles. The van der Waals surface area contributed by atoms with E-state index in [1.165, 1.54) is 18.3 Å². The number of alkyl halides is 3. The highest BCUT2D eigenvalue weighted by Crippen LogP contribution is 2.37. The second-order valence-electron chi connectivity index (χ2n) is 6.06. The van der Waals surface area contributed by atoms with Gasteiger partial charge >= 0.3 is 6.18 Å². The molecule has 28 heavy (non-hydrogen) atoms. The van der Waals surface area contributed by atoms with E-state index in [0.717, 1.165) is 6.07 Å². The molecule has 140 valence electrons. The molecule has 1 aromatic carbocycles. The molecule has 4 aromatic rings. The molecule has 0 spiro atoms. The molecule has 0 aliphatic heterocycles. The highest BCUT2D eigenvalue weighted by Gasteiger charge is 2.33. The summed E-state index contributed by atoms with van der Waals surface area (Å²) in [4.78, 5) is 23.3. The Balaban J connectivity index is 1.67. The zero-order valence-corrected chi connectivity index (χ0v) is 14.3. The molecule has 0 atom stereocenters. The minimum atomic E-state index is -4.47. The van der Waals surface area contributed by atoms with Gasteiger partial charge in [0.05, 0.1) is 11.1 Å². The first-order valence-electron chi connectivity index (χ1n) is 8.29. The van der Waals surface area contributed by atoms with Gasteiger partial charge in [0, 0.05) is 29.0 Å². The molecule has 5 nitrogen and oxygen atoms in total. The second kappa shape index (κ2) is 6.80. The van der Waals surface area contributed by atoms with Gasteiger partial charge in [0.2, 0.25) is 0 Å². The van der Waals surface area contributed by atoms with Gasteiger partial charge in [-0.3, -0.25) is 9.78 Å². The summed E-state index contributed by atoms with van der Waals surface area (Å²) < 4.78 is 39.8. The molecule has 0 bridgehead atoms. The van der Waals surface area contributed by atoms with Crippen LogP contribution in [-0.4, -0.2) is 20.9 Å². The number of rotatable bonds is 3. The lowest BCUT2D eigenvalue weighted by Crippen LogP contribution is -2.13. The number of anilines is 1. The molecule has 3 aromatic heterocycles. The van der Waals surface area contributed by atoms with Gasteiger partial charge in [-0.15, -0.1) is 0 Å². The van der Waals surface area contributed by atoms with E-state index in [9.17, 15) is 18.0 Å². The Labute approximate surface area is 157 Å². The van der Waals surface area contributed by atoms with Crippen LogP contribution in [0.1, 0.15) is 15.9 Å². The van der Waals surface area contributed by atoms with Gasteiger partial charge in [0.25, 0.3) is 5.91 Å². The van der Waals surface area contributed by atoms with Crippen LogP contribution in [0.2, 0.25) is 0 Å². The van der Waals surface area contributed by atoms with Crippen LogP contribution in [-0.2, 0) is 6.18 Å². The van der Waals surface area contributed by atoms with Crippen molar-refractivity contribution in [2.75, 3.05) is 5.32 Å². The Kier molecular flexibility index (Phi) is 4.31. The molecule has 0 aliphatic rings. The Morgan fingerprint density at radius 1 is 1.04 bits per heavy atom. The van der Waals surface area contributed by atoms with Crippen molar-refractivity contribution in [3.8, 4) is 11.3 Å². The number of carbonyl (C=O) groups is 1. The number of pyridine rings is 2. The average Bonchev–Trinajstić information content (AvgIpc) is 3.11. The monoisotopic (exact) mass is 382 g/mol. The van der Waals surface area contributed by atoms with E-state index in [2.05, 4.69) is 20.3 Å². The van der Waals surface area contributed by atoms with E-state index >= 15 is 0 Å². The van der Waals surface area contributed by atoms with Gasteiger partial charge < -0.3 is 10.3 Å². The largest absolute Gasteiger partial charge is 0.417 e. The molecule has 3 heterocycles. The number of nitrogens with one attached hydrogen (secondary N) is 2. The maximum atomic E-state index is 13.3. The standard InChI is InChI=1S/C20H13F3N4O/c21-20(22,23)15-6-2-1-5-14(15)16-10-12-7-8-17(26-18(12)25-16)27-19(28)13-4-3-9-24-11-13/h1-11H,(H2,25,26,27,28). The van der Waals surface area contributed by atoms with E-state index in [4.69, 9.17) is 0 Å². The molecule has 0 fully saturated rings. The zero-order chi connectivity index (χ0) is 19.7. The van der Waals surface area contributed by atoms with Crippen LogP contribution in [0.5, 0.6) is 0 Å². The van der Waals surface area contributed by atoms with Crippen molar-refractivity contribution in [2.24, 2.45) is 0 Å². The Hall–Kier alpha value is -3.68. The highest BCUT2D eigenvalue weighted by molar-refractivity contribution is 6.04. The number of hydrogen-bond acceptors (Lipinski definition) is 3. The summed E-state index contributed by atoms with van der Waals surface area (Å²) in [5, 5.41) is 3.28. The Morgan fingerprint density at radius 3 is 2.61 bits per heavy atom. The van der Waals surface area contributed by atoms with Gasteiger partial charge in [-0.25, -0.2) is 4.98 Å². The molecule has 4 rings (SSSR count). The van der Waals surface area contributed by atoms with Gasteiger partial charge in [-0.05, 0) is 36.4 Å². The van der Waals surface area contributed by atoms with Crippen molar-refractivity contribution >= 4 is 22.8 Å². The fourth-order valence-corrected chi connectivity index (χ4v) is 2.87. The number of carbonyl (C=O) groups excluding carboxylic acids is 1. The van der Waals surface area contributed by atoms with Crippen LogP contribution in [0.3, 0.4) is 0 Å². The molecule has 0 unspecified atom stereocenters. The third kappa shape index (κ3) is 3.44. The predicted octanol–water partition coefficient (Wildman–Crippen LogP) is 4.90. The van der Waals surface area contributed by atoms with E-state index in [-0.39, 0.29) is 17.3 Å². The lowest BCUT2D eigenvalue weighted by Gasteiger charge is -2.11. The topological polar surface area (TPSA) is 70.7 Å². The Morgan fingerprint density at radius 2 is 1.86 bits per heavy atom. The molecule has 1 amide bonds. The van der Waals surface area contributed by atoms with Crippen LogP contribution in [0.15, 0.2) is 67.0 Å². The van der Waals surface area contributed by atoms with E-state index < -0.39 is 11.7 Å². The Bertz CT molecular complexity index is 1150. The first-order chi connectivity index (χ1) is 13.4. The van der Waals surface area contributed by atoms with E-state index in [0.29, 0.717) is 22.3 Å². The van der Waals surface area contributed by atoms with Crippen LogP contribution >= 0.6 is 0 Å². The lowest BCUT2D eigenvalue weighted by atomic mass is 10.0. The minimum absolute atomic E-state index is 0.0361. The fraction of sp³-hybridized carbons (Fsp3) is 0.0500. The number of benzene rings is 1. The third-order valence-corrected chi connectivity index (χ3v) is 4.17. The number of nitrogens with zero attached hydrogens (tertiary/aromatic N) is 2. The summed E-state index contributed by atoms with van der Waals surface area (Å²) >= 11 is 0. The summed E-state index contributed by atoms with van der Waals surface area (Å²) in [5.41, 5.74) is 0.346. The SMILES string of the molecule is O=C(Nc1ccc2cc(-c3ccccc3C(F)(F)F)[nH]c2n1)c1cccnc1. The number of hydrogen-bond donors (Lipinski definition) is 2. The van der Waals surface area contributed by atoms with Gasteiger partial charge in [-0.1, -0.05) is 18.2 Å². The molecular formula is C20H13F3N4O. The van der Waals surface area contributed by atoms with Gasteiger partial charge in [0.15, 0.2) is 0 Å². The van der Waals surface area contributed by atoms with Crippen molar-refractivity contribution in [3.05, 3.63) is 78.1 Å². The number of halogens is 3. The van der Waals surface area contributed by atoms with Crippen LogP contribution in [0.25, 0.3) is 22.3 Å². The second-order valence-corrected chi connectivity index (χ2v) is 6.06. The first-order valence-corrected chi connectivity index (χ1v) is 8.29. The maximum absolute atomic E-state index is 13.3. The number of fused-ring (bicyclic) bond motifs is 1. The van der Waals surface area contributed by atoms with Crippen LogP contribution in [0.4, 0.5) is 19.0 Å². The van der Waals surface area contributed by atoms with Gasteiger partial charge in [-0.2, -0.15) is 13.2 Å². The van der Waals surface area contributed by atoms with Gasteiger partial charge in [0.1, 0.15) is 11.5 Å². The quantitative estimate of drug-likeness (QED) is 0.530. The molecule has 0 radical (unpaired) electrons. The highest BCUT2D eigenvalue weighted by atomic mass is 19.4. The molecule has 2 N–H and O–H groups in total. The average molecular weight is 382 g/mol. The van der Waals surface area contributed by atoms with Crippen molar-refractivity contribution in [3.63, 3.8) is 0 Å². The summed E-state index contributed by atoms with van der Waals surface area (Å²) in [6, 6.07) is 13.4. The summed E-state index contributed by atoms with van der Waals surface area (Å²) in [6.07, 6.45) is -1.49. The minimum Gasteiger partial charge on any atom is -0.339 e. The van der Waals surface area contributed by atoms with E-state index in [1.807, 2.05) is 0 Å². The maximum Gasteiger partial charge on any atom is 0.417 e. The summed E-state index contributed by atoms with van der Waals surface area (Å²) in [6.45, 7) is 0. The number of aromatic amines is 1. The molecule has 8 heteroatoms. The van der Waals surface area contributed by atoms with Crippen LogP contribution in [0, 0.1) is 0 Å². The third-order valence-electron chi connectivity index (χ3n) is 4.17.